The van der Waals surface area contributed by atoms with Crippen LogP contribution < -0.4 is 0 Å². The Hall–Kier alpha value is -0.890. The van der Waals surface area contributed by atoms with Gasteiger partial charge in [0.25, 0.3) is 0 Å². The standard InChI is InChI=1S/C11H18N2/c1-5-9(2)10-6-7-13(4)8-11(10)12-3/h5H,3,6-8H2,1-2,4H3/b9-5-. The van der Waals surface area contributed by atoms with E-state index in [1.807, 2.05) is 0 Å². The molecule has 0 unspecified atom stereocenters. The van der Waals surface area contributed by atoms with Crippen molar-refractivity contribution in [2.75, 3.05) is 20.1 Å². The van der Waals surface area contributed by atoms with Gasteiger partial charge < -0.3 is 4.90 Å². The van der Waals surface area contributed by atoms with Gasteiger partial charge in [-0.15, -0.1) is 0 Å². The molecule has 1 aliphatic rings. The first kappa shape index (κ1) is 10.2. The van der Waals surface area contributed by atoms with Crippen molar-refractivity contribution >= 4 is 6.72 Å². The SMILES string of the molecule is C=NC1=C(/C(C)=C\C)CCN(C)C1. The molecular formula is C11H18N2. The molecule has 0 spiro atoms. The topological polar surface area (TPSA) is 15.6 Å². The Bertz CT molecular complexity index is 261. The monoisotopic (exact) mass is 178 g/mol. The van der Waals surface area contributed by atoms with Gasteiger partial charge in [0, 0.05) is 13.1 Å². The largest absolute Gasteiger partial charge is 0.300 e. The van der Waals surface area contributed by atoms with E-state index >= 15 is 0 Å². The summed E-state index contributed by atoms with van der Waals surface area (Å²) >= 11 is 0. The molecule has 0 atom stereocenters. The van der Waals surface area contributed by atoms with Gasteiger partial charge in [0.2, 0.25) is 0 Å². The third-order valence-corrected chi connectivity index (χ3v) is 2.61. The van der Waals surface area contributed by atoms with E-state index in [9.17, 15) is 0 Å². The van der Waals surface area contributed by atoms with Crippen LogP contribution in [0.25, 0.3) is 0 Å². The van der Waals surface area contributed by atoms with E-state index in [0.717, 1.165) is 25.2 Å². The fourth-order valence-corrected chi connectivity index (χ4v) is 1.62. The molecule has 0 amide bonds. The number of nitrogens with zero attached hydrogens (tertiary/aromatic N) is 2. The van der Waals surface area contributed by atoms with Crippen molar-refractivity contribution in [3.05, 3.63) is 22.9 Å². The predicted molar refractivity (Wildman–Crippen MR) is 58.1 cm³/mol. The number of aliphatic imine (C=N–C) groups is 1. The summed E-state index contributed by atoms with van der Waals surface area (Å²) in [6, 6.07) is 0. The van der Waals surface area contributed by atoms with Crippen molar-refractivity contribution in [1.29, 1.82) is 0 Å². The van der Waals surface area contributed by atoms with Crippen LogP contribution >= 0.6 is 0 Å². The highest BCUT2D eigenvalue weighted by Crippen LogP contribution is 2.23. The second-order valence-corrected chi connectivity index (χ2v) is 3.54. The van der Waals surface area contributed by atoms with Crippen LogP contribution in [0, 0.1) is 0 Å². The third-order valence-electron chi connectivity index (χ3n) is 2.61. The highest BCUT2D eigenvalue weighted by Gasteiger charge is 2.15. The Balaban J connectivity index is 2.96. The summed E-state index contributed by atoms with van der Waals surface area (Å²) in [6.45, 7) is 9.90. The molecule has 2 heteroatoms. The smallest absolute Gasteiger partial charge is 0.0571 e. The molecule has 2 nitrogen and oxygen atoms in total. The Kier molecular flexibility index (Phi) is 3.43. The minimum Gasteiger partial charge on any atom is -0.300 e. The summed E-state index contributed by atoms with van der Waals surface area (Å²) in [6.07, 6.45) is 3.24. The molecule has 0 saturated carbocycles. The van der Waals surface area contributed by atoms with Gasteiger partial charge in [-0.1, -0.05) is 11.6 Å². The molecule has 0 fully saturated rings. The summed E-state index contributed by atoms with van der Waals surface area (Å²) in [7, 11) is 2.12. The minimum absolute atomic E-state index is 0.935. The van der Waals surface area contributed by atoms with E-state index in [1.165, 1.54) is 11.1 Å². The number of rotatable bonds is 2. The zero-order chi connectivity index (χ0) is 9.84. The molecule has 0 aromatic rings. The van der Waals surface area contributed by atoms with Crippen molar-refractivity contribution in [1.82, 2.24) is 4.90 Å². The maximum Gasteiger partial charge on any atom is 0.0571 e. The van der Waals surface area contributed by atoms with Crippen LogP contribution in [0.3, 0.4) is 0 Å². The van der Waals surface area contributed by atoms with Gasteiger partial charge in [0.15, 0.2) is 0 Å². The molecule has 0 bridgehead atoms. The summed E-state index contributed by atoms with van der Waals surface area (Å²) < 4.78 is 0. The molecule has 0 N–H and O–H groups in total. The molecule has 72 valence electrons. The van der Waals surface area contributed by atoms with Crippen molar-refractivity contribution < 1.29 is 0 Å². The first-order valence-corrected chi connectivity index (χ1v) is 4.69. The fraction of sp³-hybridized carbons (Fsp3) is 0.545. The van der Waals surface area contributed by atoms with E-state index in [-0.39, 0.29) is 0 Å². The quantitative estimate of drug-likeness (QED) is 0.592. The fourth-order valence-electron chi connectivity index (χ4n) is 1.62. The van der Waals surface area contributed by atoms with Crippen molar-refractivity contribution in [3.8, 4) is 0 Å². The van der Waals surface area contributed by atoms with Crippen LogP contribution in [-0.4, -0.2) is 31.8 Å². The zero-order valence-electron chi connectivity index (χ0n) is 8.80. The van der Waals surface area contributed by atoms with Crippen LogP contribution in [0.5, 0.6) is 0 Å². The molecule has 0 aromatic heterocycles. The Morgan fingerprint density at radius 3 is 2.85 bits per heavy atom. The van der Waals surface area contributed by atoms with Crippen molar-refractivity contribution in [2.24, 2.45) is 4.99 Å². The lowest BCUT2D eigenvalue weighted by atomic mass is 9.98. The van der Waals surface area contributed by atoms with Gasteiger partial charge in [-0.05, 0) is 39.6 Å². The maximum atomic E-state index is 4.10. The van der Waals surface area contributed by atoms with Crippen LogP contribution in [0.4, 0.5) is 0 Å². The van der Waals surface area contributed by atoms with Gasteiger partial charge in [-0.25, -0.2) is 0 Å². The van der Waals surface area contributed by atoms with E-state index in [2.05, 4.69) is 43.6 Å². The molecule has 0 aliphatic carbocycles. The van der Waals surface area contributed by atoms with Crippen LogP contribution in [0.1, 0.15) is 20.3 Å². The van der Waals surface area contributed by atoms with Crippen molar-refractivity contribution in [3.63, 3.8) is 0 Å². The van der Waals surface area contributed by atoms with Crippen LogP contribution in [-0.2, 0) is 0 Å². The summed E-state index contributed by atoms with van der Waals surface area (Å²) in [4.78, 5) is 6.37. The lowest BCUT2D eigenvalue weighted by Gasteiger charge is -2.25. The molecule has 13 heavy (non-hydrogen) atoms. The highest BCUT2D eigenvalue weighted by atomic mass is 15.1. The van der Waals surface area contributed by atoms with Gasteiger partial charge in [-0.3, -0.25) is 4.99 Å². The lowest BCUT2D eigenvalue weighted by Crippen LogP contribution is -2.27. The maximum absolute atomic E-state index is 4.10. The summed E-state index contributed by atoms with van der Waals surface area (Å²) in [5, 5.41) is 0. The van der Waals surface area contributed by atoms with Crippen molar-refractivity contribution in [2.45, 2.75) is 20.3 Å². The predicted octanol–water partition coefficient (Wildman–Crippen LogP) is 2.24. The second kappa shape index (κ2) is 4.38. The van der Waals surface area contributed by atoms with E-state index in [1.54, 1.807) is 0 Å². The molecule has 1 heterocycles. The number of hydrogen-bond acceptors (Lipinski definition) is 2. The first-order valence-electron chi connectivity index (χ1n) is 4.69. The zero-order valence-corrected chi connectivity index (χ0v) is 8.80. The number of allylic oxidation sites excluding steroid dienone is 2. The third kappa shape index (κ3) is 2.28. The van der Waals surface area contributed by atoms with Gasteiger partial charge in [-0.2, -0.15) is 0 Å². The van der Waals surface area contributed by atoms with Gasteiger partial charge in [0.05, 0.1) is 5.70 Å². The Labute approximate surface area is 80.7 Å². The van der Waals surface area contributed by atoms with Gasteiger partial charge in [0.1, 0.15) is 0 Å². The molecular weight excluding hydrogens is 160 g/mol. The number of likely N-dealkylation sites (N-methyl/N-ethyl adjacent to an activating group) is 1. The highest BCUT2D eigenvalue weighted by molar-refractivity contribution is 5.40. The summed E-state index contributed by atoms with van der Waals surface area (Å²) in [5.74, 6) is 0. The van der Waals surface area contributed by atoms with Crippen LogP contribution in [0.15, 0.2) is 27.9 Å². The summed E-state index contributed by atoms with van der Waals surface area (Å²) in [5.41, 5.74) is 3.87. The normalized spacial score (nSPS) is 20.7. The average Bonchev–Trinajstić information content (AvgIpc) is 2.16. The molecule has 0 radical (unpaired) electrons. The first-order chi connectivity index (χ1) is 6.19. The van der Waals surface area contributed by atoms with E-state index in [4.69, 9.17) is 0 Å². The lowest BCUT2D eigenvalue weighted by molar-refractivity contribution is 0.348. The Morgan fingerprint density at radius 2 is 2.31 bits per heavy atom. The molecule has 1 rings (SSSR count). The molecule has 0 saturated heterocycles. The number of hydrogen-bond donors (Lipinski definition) is 0. The molecule has 0 aromatic carbocycles. The second-order valence-electron chi connectivity index (χ2n) is 3.54. The Morgan fingerprint density at radius 1 is 1.62 bits per heavy atom. The van der Waals surface area contributed by atoms with Crippen LogP contribution in [0.2, 0.25) is 0 Å². The average molecular weight is 178 g/mol. The van der Waals surface area contributed by atoms with E-state index in [0.29, 0.717) is 0 Å². The molecule has 1 aliphatic heterocycles. The van der Waals surface area contributed by atoms with Gasteiger partial charge >= 0.3 is 0 Å². The minimum atomic E-state index is 0.935. The van der Waals surface area contributed by atoms with E-state index < -0.39 is 0 Å².